The van der Waals surface area contributed by atoms with Crippen molar-refractivity contribution >= 4 is 29.3 Å². The van der Waals surface area contributed by atoms with Gasteiger partial charge in [-0.3, -0.25) is 14.6 Å². The van der Waals surface area contributed by atoms with Crippen LogP contribution < -0.4 is 27.0 Å². The van der Waals surface area contributed by atoms with E-state index in [1.165, 1.54) is 37.7 Å². The summed E-state index contributed by atoms with van der Waals surface area (Å²) in [6.45, 7) is 3.56. The van der Waals surface area contributed by atoms with Crippen molar-refractivity contribution in [1.29, 1.82) is 0 Å². The van der Waals surface area contributed by atoms with E-state index in [0.29, 0.717) is 30.7 Å². The fourth-order valence-electron chi connectivity index (χ4n) is 9.19. The van der Waals surface area contributed by atoms with Gasteiger partial charge in [0, 0.05) is 42.8 Å². The first kappa shape index (κ1) is 39.6. The van der Waals surface area contributed by atoms with Crippen molar-refractivity contribution < 1.29 is 23.9 Å². The quantitative estimate of drug-likeness (QED) is 0.0293. The number of aliphatic imine (C=N–C) groups is 1. The van der Waals surface area contributed by atoms with Gasteiger partial charge >= 0.3 is 5.97 Å². The van der Waals surface area contributed by atoms with Crippen LogP contribution in [0.5, 0.6) is 0 Å². The minimum absolute atomic E-state index is 0.0255. The summed E-state index contributed by atoms with van der Waals surface area (Å²) in [5, 5.41) is 13.4. The third-order valence-corrected chi connectivity index (χ3v) is 12.4. The molecule has 6 atom stereocenters. The number of guanidine groups is 1. The van der Waals surface area contributed by atoms with Crippen LogP contribution in [-0.4, -0.2) is 79.6 Å². The first-order valence-corrected chi connectivity index (χ1v) is 20.4. The van der Waals surface area contributed by atoms with Crippen LogP contribution in [0.25, 0.3) is 0 Å². The zero-order valence-corrected chi connectivity index (χ0v) is 32.9. The number of epoxide rings is 1. The number of anilines is 1. The maximum atomic E-state index is 14.4. The summed E-state index contributed by atoms with van der Waals surface area (Å²) in [5.41, 5.74) is 6.03. The monoisotopic (exact) mass is 763 g/mol. The molecule has 0 radical (unpaired) electrons. The molecular formula is C44H57N7O5. The first-order chi connectivity index (χ1) is 27.2. The minimum Gasteiger partial charge on any atom is -0.463 e. The molecule has 6 N–H and O–H groups in total. The molecular weight excluding hydrogens is 707 g/mol. The van der Waals surface area contributed by atoms with E-state index in [2.05, 4.69) is 49.5 Å². The molecule has 1 saturated heterocycles. The van der Waals surface area contributed by atoms with Crippen molar-refractivity contribution in [2.45, 2.75) is 94.4 Å². The maximum absolute atomic E-state index is 14.4. The van der Waals surface area contributed by atoms with Crippen molar-refractivity contribution in [2.75, 3.05) is 39.2 Å². The summed E-state index contributed by atoms with van der Waals surface area (Å²) in [5.74, 6) is 0.364. The van der Waals surface area contributed by atoms with E-state index < -0.39 is 23.0 Å². The summed E-state index contributed by atoms with van der Waals surface area (Å²) < 4.78 is 12.4. The molecule has 1 aromatic heterocycles. The highest BCUT2D eigenvalue weighted by atomic mass is 16.7. The molecule has 12 heteroatoms. The zero-order chi connectivity index (χ0) is 39.3. The number of nitrogens with two attached hydrogens (primary N) is 1. The van der Waals surface area contributed by atoms with Gasteiger partial charge in [0.15, 0.2) is 17.3 Å². The number of ether oxygens (including phenoxy) is 2. The maximum Gasteiger partial charge on any atom is 0.350 e. The lowest BCUT2D eigenvalue weighted by molar-refractivity contribution is -0.150. The molecule has 1 aromatic carbocycles. The number of allylic oxidation sites excluding steroid dienone is 3. The Hall–Kier alpha value is -4.65. The number of nitrogens with one attached hydrogen (secondary N) is 4. The number of Topliss-reactive ketones (excluding diaryl/α,β-unsaturated/α-hetero) is 2. The van der Waals surface area contributed by atoms with E-state index in [4.69, 9.17) is 15.2 Å². The summed E-state index contributed by atoms with van der Waals surface area (Å²) in [6.07, 6.45) is 20.3. The number of pyridine rings is 1. The molecule has 5 aliphatic rings. The summed E-state index contributed by atoms with van der Waals surface area (Å²) in [6, 6.07) is 10.3. The van der Waals surface area contributed by atoms with Crippen LogP contribution in [-0.2, 0) is 14.3 Å². The normalized spacial score (nSPS) is 28.1. The van der Waals surface area contributed by atoms with Crippen molar-refractivity contribution in [1.82, 2.24) is 20.9 Å². The topological polar surface area (TPSA) is 172 Å². The predicted molar refractivity (Wildman–Crippen MR) is 217 cm³/mol. The molecule has 0 bridgehead atoms. The number of ketones is 2. The fourth-order valence-corrected chi connectivity index (χ4v) is 9.19. The van der Waals surface area contributed by atoms with Crippen LogP contribution in [0, 0.1) is 17.8 Å². The highest BCUT2D eigenvalue weighted by Gasteiger charge is 2.85. The van der Waals surface area contributed by atoms with Gasteiger partial charge in [-0.05, 0) is 94.1 Å². The molecule has 2 heterocycles. The highest BCUT2D eigenvalue weighted by molar-refractivity contribution is 6.32. The van der Waals surface area contributed by atoms with Gasteiger partial charge in [0.1, 0.15) is 5.82 Å². The molecule has 1 aliphatic heterocycles. The lowest BCUT2D eigenvalue weighted by Gasteiger charge is -2.37. The zero-order valence-electron chi connectivity index (χ0n) is 32.9. The minimum atomic E-state index is -2.04. The Morgan fingerprint density at radius 3 is 2.68 bits per heavy atom. The largest absolute Gasteiger partial charge is 0.463 e. The van der Waals surface area contributed by atoms with Gasteiger partial charge in [0.05, 0.1) is 19.3 Å². The van der Waals surface area contributed by atoms with Crippen molar-refractivity contribution in [3.8, 4) is 0 Å². The highest BCUT2D eigenvalue weighted by Crippen LogP contribution is 2.58. The number of rotatable bonds is 15. The number of carbonyl (C=O) groups is 3. The lowest BCUT2D eigenvalue weighted by atomic mass is 9.72. The van der Waals surface area contributed by atoms with Crippen molar-refractivity contribution in [2.24, 2.45) is 28.5 Å². The van der Waals surface area contributed by atoms with E-state index >= 15 is 0 Å². The number of benzene rings is 1. The Balaban J connectivity index is 1.11. The standard InChI is InChI=1S/C44H57N7O5/c1-28(21-37(51-42(45)47-3)32-18-20-48-38(24-32)50-27-46-2)17-19-43-39(52)34-15-9-10-16-35(34)40(53)44(43,56-43)41(54)55-26-33-22-30-13-7-8-14-31(30)23-36(33)49-25-29-11-5-4-6-12-29/h8-10,14-18,20,23-24,29-30,33,36-37,46,49H,4-7,11-13,19,21-22,25-27H2,1-3H3,(H,48,50)(H3,45,47,51)/b28-17+/t30-,33-,36+,37-,43-,44-/m0/s1. The third-order valence-electron chi connectivity index (χ3n) is 12.4. The van der Waals surface area contributed by atoms with E-state index in [1.54, 1.807) is 37.5 Å². The molecule has 12 nitrogen and oxygen atoms in total. The van der Waals surface area contributed by atoms with E-state index in [-0.39, 0.29) is 53.9 Å². The van der Waals surface area contributed by atoms with Gasteiger partial charge in [-0.15, -0.1) is 0 Å². The number of hydrogen-bond acceptors (Lipinski definition) is 10. The molecule has 0 amide bonds. The lowest BCUT2D eigenvalue weighted by Crippen LogP contribution is -2.51. The number of carbonyl (C=O) groups excluding carboxylic acids is 3. The number of fused-ring (bicyclic) bond motifs is 3. The number of hydrogen-bond donors (Lipinski definition) is 5. The molecule has 4 aliphatic carbocycles. The molecule has 2 fully saturated rings. The average Bonchev–Trinajstić information content (AvgIpc) is 3.94. The number of nitrogens with zero attached hydrogens (tertiary/aromatic N) is 2. The Bertz CT molecular complexity index is 1920. The first-order valence-electron chi connectivity index (χ1n) is 20.4. The summed E-state index contributed by atoms with van der Waals surface area (Å²) in [7, 11) is 3.46. The van der Waals surface area contributed by atoms with E-state index in [9.17, 15) is 14.4 Å². The van der Waals surface area contributed by atoms with Gasteiger partial charge in [0.25, 0.3) is 5.60 Å². The van der Waals surface area contributed by atoms with Gasteiger partial charge in [-0.2, -0.15) is 0 Å². The summed E-state index contributed by atoms with van der Waals surface area (Å²) in [4.78, 5) is 51.6. The van der Waals surface area contributed by atoms with Gasteiger partial charge in [0.2, 0.25) is 5.78 Å². The van der Waals surface area contributed by atoms with E-state index in [0.717, 1.165) is 36.9 Å². The second-order valence-electron chi connectivity index (χ2n) is 16.1. The molecule has 56 heavy (non-hydrogen) atoms. The van der Waals surface area contributed by atoms with Crippen molar-refractivity contribution in [3.63, 3.8) is 0 Å². The molecule has 298 valence electrons. The van der Waals surface area contributed by atoms with Crippen LogP contribution in [0.3, 0.4) is 0 Å². The van der Waals surface area contributed by atoms with Gasteiger partial charge in [-0.1, -0.05) is 73.4 Å². The Morgan fingerprint density at radius 1 is 1.12 bits per heavy atom. The van der Waals surface area contributed by atoms with Crippen LogP contribution in [0.4, 0.5) is 5.82 Å². The summed E-state index contributed by atoms with van der Waals surface area (Å²) >= 11 is 0. The number of aromatic nitrogens is 1. The van der Waals surface area contributed by atoms with Crippen LogP contribution in [0.2, 0.25) is 0 Å². The Labute approximate surface area is 330 Å². The predicted octanol–water partition coefficient (Wildman–Crippen LogP) is 5.55. The second kappa shape index (κ2) is 17.2. The average molecular weight is 764 g/mol. The van der Waals surface area contributed by atoms with Crippen LogP contribution in [0.1, 0.15) is 103 Å². The molecule has 1 saturated carbocycles. The van der Waals surface area contributed by atoms with Gasteiger partial charge < -0.3 is 36.5 Å². The molecule has 0 spiro atoms. The molecule has 2 aromatic rings. The van der Waals surface area contributed by atoms with E-state index in [1.807, 2.05) is 32.2 Å². The Kier molecular flexibility index (Phi) is 12.2. The fraction of sp³-hybridized carbons (Fsp3) is 0.523. The number of esters is 1. The van der Waals surface area contributed by atoms with Gasteiger partial charge in [-0.25, -0.2) is 9.78 Å². The van der Waals surface area contributed by atoms with Crippen molar-refractivity contribution in [3.05, 3.63) is 94.7 Å². The second-order valence-corrected chi connectivity index (χ2v) is 16.1. The van der Waals surface area contributed by atoms with Crippen LogP contribution in [0.15, 0.2) is 83.0 Å². The smallest absolute Gasteiger partial charge is 0.350 e. The van der Waals surface area contributed by atoms with Crippen LogP contribution >= 0.6 is 0 Å². The Morgan fingerprint density at radius 2 is 1.91 bits per heavy atom. The molecule has 7 rings (SSSR count). The SMILES string of the molecule is CN=C(N)N[C@@H](C/C(C)=C/C[C@@]12O[C@]1(C(=O)OC[C@@H]1C[C@@H]3CCC=CC3=C[C@H]1NCC1CCCCC1)C(=O)c1ccccc1C2=O)c1ccnc(NCNC)c1. The molecule has 0 unspecified atom stereocenters. The third kappa shape index (κ3) is 7.97.